The fourth-order valence-corrected chi connectivity index (χ4v) is 3.00. The van der Waals surface area contributed by atoms with E-state index in [1.807, 2.05) is 0 Å². The van der Waals surface area contributed by atoms with Gasteiger partial charge in [0.25, 0.3) is 11.7 Å². The van der Waals surface area contributed by atoms with Gasteiger partial charge >= 0.3 is 5.97 Å². The van der Waals surface area contributed by atoms with Crippen molar-refractivity contribution in [1.82, 2.24) is 20.4 Å². The van der Waals surface area contributed by atoms with E-state index in [0.717, 1.165) is 25.8 Å². The molecule has 0 radical (unpaired) electrons. The molecule has 114 valence electrons. The third kappa shape index (κ3) is 2.90. The van der Waals surface area contributed by atoms with E-state index in [0.29, 0.717) is 18.9 Å². The van der Waals surface area contributed by atoms with Crippen molar-refractivity contribution in [2.24, 2.45) is 0 Å². The summed E-state index contributed by atoms with van der Waals surface area (Å²) in [6.07, 6.45) is 3.43. The molecule has 21 heavy (non-hydrogen) atoms. The van der Waals surface area contributed by atoms with E-state index in [1.165, 1.54) is 0 Å². The second-order valence-corrected chi connectivity index (χ2v) is 5.50. The van der Waals surface area contributed by atoms with Crippen LogP contribution in [0.15, 0.2) is 4.52 Å². The molecule has 0 aromatic carbocycles. The molecule has 2 atom stereocenters. The smallest absolute Gasteiger partial charge is 0.305 e. The molecule has 1 aromatic heterocycles. The molecule has 2 aliphatic rings. The molecule has 8 nitrogen and oxygen atoms in total. The van der Waals surface area contributed by atoms with E-state index < -0.39 is 5.97 Å². The minimum absolute atomic E-state index is 0.0208. The highest BCUT2D eigenvalue weighted by Gasteiger charge is 2.34. The standard InChI is InChI=1S/C13H18N4O4/c18-10(19)7-8-3-2-6-17(8)13(20)11-15-12(21-16-11)9-4-1-5-14-9/h8-9,14H,1-7H2,(H,18,19). The number of aromatic nitrogens is 2. The van der Waals surface area contributed by atoms with Gasteiger partial charge in [-0.15, -0.1) is 0 Å². The second kappa shape index (κ2) is 5.80. The first kappa shape index (κ1) is 14.0. The van der Waals surface area contributed by atoms with Crippen LogP contribution in [0.4, 0.5) is 0 Å². The quantitative estimate of drug-likeness (QED) is 0.835. The molecule has 0 aliphatic carbocycles. The lowest BCUT2D eigenvalue weighted by Gasteiger charge is -2.21. The third-order valence-electron chi connectivity index (χ3n) is 4.04. The van der Waals surface area contributed by atoms with Crippen LogP contribution in [0.25, 0.3) is 0 Å². The predicted octanol–water partition coefficient (Wildman–Crippen LogP) is 0.573. The Hall–Kier alpha value is -1.96. The summed E-state index contributed by atoms with van der Waals surface area (Å²) in [5, 5.41) is 15.9. The number of rotatable bonds is 4. The Morgan fingerprint density at radius 1 is 1.38 bits per heavy atom. The van der Waals surface area contributed by atoms with Crippen LogP contribution in [0, 0.1) is 0 Å². The van der Waals surface area contributed by atoms with Gasteiger partial charge in [0.2, 0.25) is 5.89 Å². The monoisotopic (exact) mass is 294 g/mol. The Balaban J connectivity index is 1.70. The number of carbonyl (C=O) groups excluding carboxylic acids is 1. The van der Waals surface area contributed by atoms with Gasteiger partial charge in [0.15, 0.2) is 0 Å². The summed E-state index contributed by atoms with van der Waals surface area (Å²) in [5.74, 6) is -0.781. The Bertz CT molecular complexity index is 538. The molecule has 2 N–H and O–H groups in total. The number of carbonyl (C=O) groups is 2. The van der Waals surface area contributed by atoms with Crippen LogP contribution in [0.5, 0.6) is 0 Å². The number of hydrogen-bond donors (Lipinski definition) is 2. The first-order chi connectivity index (χ1) is 10.1. The lowest BCUT2D eigenvalue weighted by molar-refractivity contribution is -0.137. The summed E-state index contributed by atoms with van der Waals surface area (Å²) in [7, 11) is 0. The Labute approximate surface area is 121 Å². The molecule has 8 heteroatoms. The fraction of sp³-hybridized carbons (Fsp3) is 0.692. The minimum Gasteiger partial charge on any atom is -0.481 e. The third-order valence-corrected chi connectivity index (χ3v) is 4.04. The van der Waals surface area contributed by atoms with Crippen LogP contribution in [0.3, 0.4) is 0 Å². The van der Waals surface area contributed by atoms with Gasteiger partial charge < -0.3 is 19.8 Å². The average Bonchev–Trinajstić information content (AvgIpc) is 3.18. The number of carboxylic acid groups (broad SMARTS) is 1. The molecular weight excluding hydrogens is 276 g/mol. The highest BCUT2D eigenvalue weighted by Crippen LogP contribution is 2.24. The van der Waals surface area contributed by atoms with E-state index in [9.17, 15) is 9.59 Å². The highest BCUT2D eigenvalue weighted by molar-refractivity contribution is 5.91. The van der Waals surface area contributed by atoms with E-state index in [1.54, 1.807) is 4.90 Å². The zero-order valence-electron chi connectivity index (χ0n) is 11.6. The lowest BCUT2D eigenvalue weighted by atomic mass is 10.1. The van der Waals surface area contributed by atoms with Crippen molar-refractivity contribution >= 4 is 11.9 Å². The maximum atomic E-state index is 12.4. The summed E-state index contributed by atoms with van der Waals surface area (Å²) in [5.41, 5.74) is 0. The number of nitrogens with one attached hydrogen (secondary N) is 1. The molecular formula is C13H18N4O4. The second-order valence-electron chi connectivity index (χ2n) is 5.50. The van der Waals surface area contributed by atoms with Crippen LogP contribution >= 0.6 is 0 Å². The van der Waals surface area contributed by atoms with Crippen LogP contribution in [0.2, 0.25) is 0 Å². The highest BCUT2D eigenvalue weighted by atomic mass is 16.5. The molecule has 3 rings (SSSR count). The molecule has 1 amide bonds. The summed E-state index contributed by atoms with van der Waals surface area (Å²) in [6.45, 7) is 1.45. The van der Waals surface area contributed by atoms with Crippen LogP contribution in [0.1, 0.15) is 54.7 Å². The predicted molar refractivity (Wildman–Crippen MR) is 70.6 cm³/mol. The fourth-order valence-electron chi connectivity index (χ4n) is 3.00. The SMILES string of the molecule is O=C(O)CC1CCCN1C(=O)c1noc(C2CCCN2)n1. The Morgan fingerprint density at radius 3 is 2.95 bits per heavy atom. The number of likely N-dealkylation sites (tertiary alicyclic amines) is 1. The molecule has 1 aromatic rings. The average molecular weight is 294 g/mol. The maximum Gasteiger partial charge on any atom is 0.305 e. The number of amides is 1. The molecule has 2 fully saturated rings. The lowest BCUT2D eigenvalue weighted by Crippen LogP contribution is -2.37. The molecule has 0 saturated carbocycles. The Kier molecular flexibility index (Phi) is 3.87. The summed E-state index contributed by atoms with van der Waals surface area (Å²) in [4.78, 5) is 29.0. The largest absolute Gasteiger partial charge is 0.481 e. The first-order valence-electron chi connectivity index (χ1n) is 7.25. The molecule has 2 aliphatic heterocycles. The molecule has 3 heterocycles. The number of carboxylic acids is 1. The van der Waals surface area contributed by atoms with Crippen LogP contribution < -0.4 is 5.32 Å². The molecule has 0 spiro atoms. The molecule has 2 unspecified atom stereocenters. The zero-order chi connectivity index (χ0) is 14.8. The van der Waals surface area contributed by atoms with Crippen molar-refractivity contribution < 1.29 is 19.2 Å². The normalized spacial score (nSPS) is 25.4. The van der Waals surface area contributed by atoms with Crippen molar-refractivity contribution in [2.45, 2.75) is 44.2 Å². The van der Waals surface area contributed by atoms with Gasteiger partial charge in [0, 0.05) is 12.6 Å². The maximum absolute atomic E-state index is 12.4. The van der Waals surface area contributed by atoms with E-state index in [4.69, 9.17) is 9.63 Å². The summed E-state index contributed by atoms with van der Waals surface area (Å²) in [6, 6.07) is -0.256. The van der Waals surface area contributed by atoms with Gasteiger partial charge in [0.05, 0.1) is 12.5 Å². The topological polar surface area (TPSA) is 109 Å². The minimum atomic E-state index is -0.899. The van der Waals surface area contributed by atoms with Crippen LogP contribution in [-0.4, -0.2) is 51.2 Å². The van der Waals surface area contributed by atoms with Gasteiger partial charge in [-0.3, -0.25) is 9.59 Å². The van der Waals surface area contributed by atoms with Gasteiger partial charge in [-0.1, -0.05) is 5.16 Å². The zero-order valence-corrected chi connectivity index (χ0v) is 11.6. The number of nitrogens with zero attached hydrogens (tertiary/aromatic N) is 3. The Morgan fingerprint density at radius 2 is 2.24 bits per heavy atom. The van der Waals surface area contributed by atoms with E-state index in [-0.39, 0.29) is 30.2 Å². The molecule has 2 saturated heterocycles. The van der Waals surface area contributed by atoms with Crippen molar-refractivity contribution in [2.75, 3.05) is 13.1 Å². The summed E-state index contributed by atoms with van der Waals surface area (Å²) >= 11 is 0. The van der Waals surface area contributed by atoms with Crippen molar-refractivity contribution in [3.63, 3.8) is 0 Å². The van der Waals surface area contributed by atoms with Gasteiger partial charge in [-0.25, -0.2) is 0 Å². The van der Waals surface area contributed by atoms with Gasteiger partial charge in [-0.2, -0.15) is 4.98 Å². The van der Waals surface area contributed by atoms with Gasteiger partial charge in [0.1, 0.15) is 0 Å². The van der Waals surface area contributed by atoms with Gasteiger partial charge in [-0.05, 0) is 32.2 Å². The number of aliphatic carboxylic acids is 1. The van der Waals surface area contributed by atoms with E-state index >= 15 is 0 Å². The van der Waals surface area contributed by atoms with Crippen molar-refractivity contribution in [3.8, 4) is 0 Å². The van der Waals surface area contributed by atoms with Crippen molar-refractivity contribution in [1.29, 1.82) is 0 Å². The van der Waals surface area contributed by atoms with Crippen molar-refractivity contribution in [3.05, 3.63) is 11.7 Å². The number of hydrogen-bond acceptors (Lipinski definition) is 6. The summed E-state index contributed by atoms with van der Waals surface area (Å²) < 4.78 is 5.16. The van der Waals surface area contributed by atoms with Crippen LogP contribution in [-0.2, 0) is 4.79 Å². The first-order valence-corrected chi connectivity index (χ1v) is 7.25. The molecule has 0 bridgehead atoms. The van der Waals surface area contributed by atoms with E-state index in [2.05, 4.69) is 15.5 Å².